The van der Waals surface area contributed by atoms with Crippen LogP contribution in [0.1, 0.15) is 46.9 Å². The quantitative estimate of drug-likeness (QED) is 0.876. The van der Waals surface area contributed by atoms with Crippen molar-refractivity contribution in [3.8, 4) is 0 Å². The number of benzene rings is 1. The number of rotatable bonds is 5. The van der Waals surface area contributed by atoms with E-state index in [2.05, 4.69) is 10.3 Å². The van der Waals surface area contributed by atoms with Gasteiger partial charge in [0, 0.05) is 18.2 Å². The van der Waals surface area contributed by atoms with Gasteiger partial charge in [-0.15, -0.1) is 0 Å². The van der Waals surface area contributed by atoms with Crippen molar-refractivity contribution in [3.63, 3.8) is 0 Å². The molecule has 7 heteroatoms. The van der Waals surface area contributed by atoms with Gasteiger partial charge in [0.25, 0.3) is 5.91 Å². The number of aliphatic hydroxyl groups is 1. The highest BCUT2D eigenvalue weighted by Crippen LogP contribution is 2.30. The number of nitrogens with zero attached hydrogens (tertiary/aromatic N) is 1. The van der Waals surface area contributed by atoms with Gasteiger partial charge in [0.2, 0.25) is 0 Å². The van der Waals surface area contributed by atoms with E-state index in [0.717, 1.165) is 12.8 Å². The Morgan fingerprint density at radius 3 is 2.91 bits per heavy atom. The molecule has 0 spiro atoms. The average Bonchev–Trinajstić information content (AvgIpc) is 3.23. The second-order valence-electron chi connectivity index (χ2n) is 5.34. The molecular weight excluding hydrogens is 320 g/mol. The third kappa shape index (κ3) is 3.72. The Bertz CT molecular complexity index is 665. The minimum Gasteiger partial charge on any atom is -0.445 e. The number of hydrogen-bond donors (Lipinski definition) is 2. The molecule has 0 saturated carbocycles. The van der Waals surface area contributed by atoms with Crippen LogP contribution in [0, 0.1) is 0 Å². The number of aromatic nitrogens is 1. The van der Waals surface area contributed by atoms with E-state index in [0.29, 0.717) is 23.0 Å². The Kier molecular flexibility index (Phi) is 4.95. The van der Waals surface area contributed by atoms with Gasteiger partial charge >= 0.3 is 0 Å². The molecule has 0 radical (unpaired) electrons. The second-order valence-corrected chi connectivity index (χ2v) is 5.78. The molecule has 1 amide bonds. The van der Waals surface area contributed by atoms with Gasteiger partial charge in [0.15, 0.2) is 17.8 Å². The highest BCUT2D eigenvalue weighted by molar-refractivity contribution is 6.30. The minimum atomic E-state index is -0.825. The first-order valence-corrected chi connectivity index (χ1v) is 7.79. The van der Waals surface area contributed by atoms with E-state index in [4.69, 9.17) is 20.8 Å². The zero-order valence-electron chi connectivity index (χ0n) is 12.4. The van der Waals surface area contributed by atoms with Crippen molar-refractivity contribution in [1.82, 2.24) is 10.3 Å². The van der Waals surface area contributed by atoms with Crippen LogP contribution in [0.3, 0.4) is 0 Å². The predicted molar refractivity (Wildman–Crippen MR) is 83.2 cm³/mol. The average molecular weight is 337 g/mol. The standard InChI is InChI=1S/C16H17ClN2O4/c17-11-5-3-10(4-6-11)12(20)8-18-16(21)14-15(23-9-19-14)13-2-1-7-22-13/h3-6,9,12-13,20H,1-2,7-8H2,(H,18,21). The summed E-state index contributed by atoms with van der Waals surface area (Å²) in [5, 5.41) is 13.4. The maximum atomic E-state index is 12.3. The summed E-state index contributed by atoms with van der Waals surface area (Å²) in [7, 11) is 0. The molecular formula is C16H17ClN2O4. The number of carbonyl (C=O) groups is 1. The lowest BCUT2D eigenvalue weighted by Crippen LogP contribution is -2.29. The second kappa shape index (κ2) is 7.12. The third-order valence-corrected chi connectivity index (χ3v) is 3.99. The first-order valence-electron chi connectivity index (χ1n) is 7.42. The first kappa shape index (κ1) is 16.0. The van der Waals surface area contributed by atoms with Gasteiger partial charge < -0.3 is 19.6 Å². The number of nitrogens with one attached hydrogen (secondary N) is 1. The monoisotopic (exact) mass is 336 g/mol. The molecule has 1 fully saturated rings. The summed E-state index contributed by atoms with van der Waals surface area (Å²) in [6.07, 6.45) is 1.93. The molecule has 1 aliphatic heterocycles. The van der Waals surface area contributed by atoms with E-state index in [-0.39, 0.29) is 18.3 Å². The predicted octanol–water partition coefficient (Wildman–Crippen LogP) is 2.64. The van der Waals surface area contributed by atoms with Gasteiger partial charge in [-0.1, -0.05) is 23.7 Å². The summed E-state index contributed by atoms with van der Waals surface area (Å²) in [5.74, 6) is 0.0539. The van der Waals surface area contributed by atoms with Crippen LogP contribution in [0.2, 0.25) is 5.02 Å². The summed E-state index contributed by atoms with van der Waals surface area (Å²) in [4.78, 5) is 16.2. The van der Waals surface area contributed by atoms with Crippen LogP contribution in [0.25, 0.3) is 0 Å². The number of aliphatic hydroxyl groups excluding tert-OH is 1. The summed E-state index contributed by atoms with van der Waals surface area (Å²) in [6.45, 7) is 0.722. The molecule has 23 heavy (non-hydrogen) atoms. The van der Waals surface area contributed by atoms with E-state index in [1.54, 1.807) is 24.3 Å². The van der Waals surface area contributed by atoms with Crippen molar-refractivity contribution in [2.75, 3.05) is 13.2 Å². The fraction of sp³-hybridized carbons (Fsp3) is 0.375. The van der Waals surface area contributed by atoms with Gasteiger partial charge in [-0.2, -0.15) is 0 Å². The Labute approximate surface area is 138 Å². The van der Waals surface area contributed by atoms with Crippen molar-refractivity contribution in [1.29, 1.82) is 0 Å². The summed E-state index contributed by atoms with van der Waals surface area (Å²) in [6, 6.07) is 6.81. The topological polar surface area (TPSA) is 84.6 Å². The molecule has 2 N–H and O–H groups in total. The van der Waals surface area contributed by atoms with Gasteiger partial charge in [0.1, 0.15) is 6.10 Å². The van der Waals surface area contributed by atoms with Crippen LogP contribution in [0.5, 0.6) is 0 Å². The number of amides is 1. The summed E-state index contributed by atoms with van der Waals surface area (Å²) >= 11 is 5.81. The van der Waals surface area contributed by atoms with E-state index in [1.165, 1.54) is 6.39 Å². The van der Waals surface area contributed by atoms with Crippen molar-refractivity contribution in [3.05, 3.63) is 52.7 Å². The van der Waals surface area contributed by atoms with Crippen LogP contribution in [-0.4, -0.2) is 29.1 Å². The number of ether oxygens (including phenoxy) is 1. The first-order chi connectivity index (χ1) is 11.1. The molecule has 0 aliphatic carbocycles. The van der Waals surface area contributed by atoms with Gasteiger partial charge in [-0.3, -0.25) is 4.79 Å². The summed E-state index contributed by atoms with van der Waals surface area (Å²) < 4.78 is 10.8. The fourth-order valence-corrected chi connectivity index (χ4v) is 2.64. The maximum Gasteiger partial charge on any atom is 0.273 e. The molecule has 3 rings (SSSR count). The number of halogens is 1. The Morgan fingerprint density at radius 1 is 1.43 bits per heavy atom. The molecule has 2 atom stereocenters. The van der Waals surface area contributed by atoms with Crippen molar-refractivity contribution in [2.45, 2.75) is 25.0 Å². The van der Waals surface area contributed by atoms with E-state index < -0.39 is 12.0 Å². The van der Waals surface area contributed by atoms with Crippen LogP contribution >= 0.6 is 11.6 Å². The van der Waals surface area contributed by atoms with Gasteiger partial charge in [0.05, 0.1) is 6.10 Å². The number of hydrogen-bond acceptors (Lipinski definition) is 5. The van der Waals surface area contributed by atoms with Crippen LogP contribution in [0.4, 0.5) is 0 Å². The Balaban J connectivity index is 1.61. The molecule has 1 aromatic heterocycles. The molecule has 122 valence electrons. The SMILES string of the molecule is O=C(NCC(O)c1ccc(Cl)cc1)c1ncoc1C1CCCO1. The molecule has 2 aromatic rings. The lowest BCUT2D eigenvalue weighted by molar-refractivity contribution is 0.0843. The zero-order chi connectivity index (χ0) is 16.2. The number of oxazole rings is 1. The maximum absolute atomic E-state index is 12.3. The lowest BCUT2D eigenvalue weighted by Gasteiger charge is -2.13. The summed E-state index contributed by atoms with van der Waals surface area (Å²) in [5.41, 5.74) is 0.884. The highest BCUT2D eigenvalue weighted by Gasteiger charge is 2.28. The number of carbonyl (C=O) groups excluding carboxylic acids is 1. The minimum absolute atomic E-state index is 0.0677. The Hall–Kier alpha value is -1.89. The van der Waals surface area contributed by atoms with Gasteiger partial charge in [-0.25, -0.2) is 4.98 Å². The van der Waals surface area contributed by atoms with E-state index >= 15 is 0 Å². The third-order valence-electron chi connectivity index (χ3n) is 3.74. The smallest absolute Gasteiger partial charge is 0.273 e. The van der Waals surface area contributed by atoms with Crippen molar-refractivity contribution >= 4 is 17.5 Å². The Morgan fingerprint density at radius 2 is 2.22 bits per heavy atom. The molecule has 2 unspecified atom stereocenters. The molecule has 6 nitrogen and oxygen atoms in total. The van der Waals surface area contributed by atoms with E-state index in [9.17, 15) is 9.90 Å². The lowest BCUT2D eigenvalue weighted by atomic mass is 10.1. The fourth-order valence-electron chi connectivity index (χ4n) is 2.51. The molecule has 1 aliphatic rings. The molecule has 1 saturated heterocycles. The van der Waals surface area contributed by atoms with Crippen molar-refractivity contribution in [2.24, 2.45) is 0 Å². The normalized spacial score (nSPS) is 18.8. The molecule has 2 heterocycles. The van der Waals surface area contributed by atoms with Gasteiger partial charge in [-0.05, 0) is 30.5 Å². The van der Waals surface area contributed by atoms with Crippen LogP contribution in [0.15, 0.2) is 35.1 Å². The zero-order valence-corrected chi connectivity index (χ0v) is 13.1. The molecule has 0 bridgehead atoms. The molecule has 1 aromatic carbocycles. The van der Waals surface area contributed by atoms with Crippen molar-refractivity contribution < 1.29 is 19.1 Å². The largest absolute Gasteiger partial charge is 0.445 e. The van der Waals surface area contributed by atoms with Crippen LogP contribution < -0.4 is 5.32 Å². The van der Waals surface area contributed by atoms with E-state index in [1.807, 2.05) is 0 Å². The highest BCUT2D eigenvalue weighted by atomic mass is 35.5. The van der Waals surface area contributed by atoms with Crippen LogP contribution in [-0.2, 0) is 4.74 Å².